The van der Waals surface area contributed by atoms with E-state index in [0.29, 0.717) is 5.56 Å². The molecular weight excluding hydrogens is 345 g/mol. The Bertz CT molecular complexity index is 771. The summed E-state index contributed by atoms with van der Waals surface area (Å²) < 4.78 is 18.8. The van der Waals surface area contributed by atoms with Crippen LogP contribution in [0.1, 0.15) is 16.5 Å². The first-order valence-electron chi connectivity index (χ1n) is 7.65. The lowest BCUT2D eigenvalue weighted by atomic mass is 10.2. The normalized spacial score (nSPS) is 19.6. The van der Waals surface area contributed by atoms with Crippen LogP contribution in [0.15, 0.2) is 54.6 Å². The molecule has 0 aliphatic carbocycles. The lowest BCUT2D eigenvalue weighted by Gasteiger charge is -2.26. The van der Waals surface area contributed by atoms with Gasteiger partial charge in [-0.1, -0.05) is 42.5 Å². The summed E-state index contributed by atoms with van der Waals surface area (Å²) in [5.74, 6) is -1.32. The molecular formula is C18H16FNO4S. The van der Waals surface area contributed by atoms with Crippen molar-refractivity contribution in [1.29, 1.82) is 0 Å². The molecule has 0 saturated carbocycles. The van der Waals surface area contributed by atoms with Crippen molar-refractivity contribution in [2.45, 2.75) is 18.0 Å². The highest BCUT2D eigenvalue weighted by Gasteiger charge is 2.43. The molecule has 2 atom stereocenters. The van der Waals surface area contributed by atoms with Crippen LogP contribution >= 0.6 is 11.8 Å². The van der Waals surface area contributed by atoms with Gasteiger partial charge >= 0.3 is 12.1 Å². The summed E-state index contributed by atoms with van der Waals surface area (Å²) in [6.07, 6.45) is -0.726. The van der Waals surface area contributed by atoms with Crippen molar-refractivity contribution in [3.8, 4) is 0 Å². The molecule has 1 unspecified atom stereocenters. The van der Waals surface area contributed by atoms with Gasteiger partial charge in [-0.05, 0) is 23.3 Å². The summed E-state index contributed by atoms with van der Waals surface area (Å²) >= 11 is 1.28. The molecule has 0 aromatic heterocycles. The maximum Gasteiger partial charge on any atom is 0.412 e. The fourth-order valence-corrected chi connectivity index (χ4v) is 4.03. The molecule has 0 spiro atoms. The zero-order valence-corrected chi connectivity index (χ0v) is 14.0. The van der Waals surface area contributed by atoms with Crippen molar-refractivity contribution in [3.63, 3.8) is 0 Å². The van der Waals surface area contributed by atoms with Crippen molar-refractivity contribution < 1.29 is 23.8 Å². The predicted octanol–water partition coefficient (Wildman–Crippen LogP) is 3.66. The molecule has 1 heterocycles. The molecule has 1 fully saturated rings. The number of rotatable bonds is 4. The Kier molecular flexibility index (Phi) is 5.23. The number of halogens is 1. The van der Waals surface area contributed by atoms with Crippen LogP contribution in [0.25, 0.3) is 0 Å². The van der Waals surface area contributed by atoms with Crippen LogP contribution in [0, 0.1) is 5.82 Å². The molecule has 7 heteroatoms. The minimum Gasteiger partial charge on any atom is -0.480 e. The number of carbonyl (C=O) groups excluding carboxylic acids is 1. The monoisotopic (exact) mass is 361 g/mol. The molecule has 1 N–H and O–H groups in total. The predicted molar refractivity (Wildman–Crippen MR) is 91.5 cm³/mol. The molecule has 0 bridgehead atoms. The Morgan fingerprint density at radius 3 is 2.64 bits per heavy atom. The number of hydrogen-bond acceptors (Lipinski definition) is 4. The Labute approximate surface area is 148 Å². The number of amides is 1. The van der Waals surface area contributed by atoms with Crippen LogP contribution in [0.2, 0.25) is 0 Å². The van der Waals surface area contributed by atoms with Gasteiger partial charge < -0.3 is 9.84 Å². The minimum atomic E-state index is -1.11. The topological polar surface area (TPSA) is 66.8 Å². The van der Waals surface area contributed by atoms with Gasteiger partial charge in [-0.25, -0.2) is 14.0 Å². The zero-order chi connectivity index (χ0) is 17.8. The quantitative estimate of drug-likeness (QED) is 0.900. The number of aliphatic carboxylic acids is 1. The minimum absolute atomic E-state index is 0.0447. The zero-order valence-electron chi connectivity index (χ0n) is 13.2. The molecule has 25 heavy (non-hydrogen) atoms. The van der Waals surface area contributed by atoms with Crippen LogP contribution in [0.3, 0.4) is 0 Å². The average molecular weight is 361 g/mol. The molecule has 2 aromatic rings. The summed E-state index contributed by atoms with van der Waals surface area (Å²) in [6, 6.07) is 13.9. The highest BCUT2D eigenvalue weighted by Crippen LogP contribution is 2.42. The van der Waals surface area contributed by atoms with Crippen molar-refractivity contribution in [1.82, 2.24) is 4.90 Å². The second-order valence-corrected chi connectivity index (χ2v) is 6.66. The molecule has 1 amide bonds. The number of nitrogens with zero attached hydrogens (tertiary/aromatic N) is 1. The van der Waals surface area contributed by atoms with E-state index in [1.807, 2.05) is 30.3 Å². The van der Waals surface area contributed by atoms with E-state index in [4.69, 9.17) is 4.74 Å². The third-order valence-electron chi connectivity index (χ3n) is 3.84. The molecule has 0 radical (unpaired) electrons. The van der Waals surface area contributed by atoms with Crippen LogP contribution in [0.4, 0.5) is 9.18 Å². The first-order valence-corrected chi connectivity index (χ1v) is 8.70. The molecule has 1 saturated heterocycles. The molecule has 3 rings (SSSR count). The number of ether oxygens (including phenoxy) is 1. The van der Waals surface area contributed by atoms with E-state index < -0.39 is 29.3 Å². The van der Waals surface area contributed by atoms with Gasteiger partial charge in [0.15, 0.2) is 0 Å². The van der Waals surface area contributed by atoms with Gasteiger partial charge in [-0.3, -0.25) is 4.90 Å². The highest BCUT2D eigenvalue weighted by molar-refractivity contribution is 7.99. The molecule has 2 aromatic carbocycles. The van der Waals surface area contributed by atoms with Crippen molar-refractivity contribution in [3.05, 3.63) is 71.5 Å². The average Bonchev–Trinajstić information content (AvgIpc) is 3.06. The molecule has 1 aliphatic heterocycles. The number of carboxylic acid groups (broad SMARTS) is 1. The number of carbonyl (C=O) groups is 2. The van der Waals surface area contributed by atoms with E-state index in [9.17, 15) is 19.1 Å². The van der Waals surface area contributed by atoms with Crippen molar-refractivity contribution in [2.24, 2.45) is 0 Å². The van der Waals surface area contributed by atoms with E-state index in [1.165, 1.54) is 34.9 Å². The van der Waals surface area contributed by atoms with Crippen molar-refractivity contribution in [2.75, 3.05) is 5.75 Å². The summed E-state index contributed by atoms with van der Waals surface area (Å²) in [5.41, 5.74) is 1.34. The maximum absolute atomic E-state index is 13.5. The Morgan fingerprint density at radius 2 is 1.96 bits per heavy atom. The van der Waals surface area contributed by atoms with Gasteiger partial charge in [0.25, 0.3) is 0 Å². The summed E-state index contributed by atoms with van der Waals surface area (Å²) in [6.45, 7) is 0.0447. The Balaban J connectivity index is 1.79. The van der Waals surface area contributed by atoms with Crippen LogP contribution < -0.4 is 0 Å². The van der Waals surface area contributed by atoms with Gasteiger partial charge in [-0.2, -0.15) is 0 Å². The number of hydrogen-bond donors (Lipinski definition) is 1. The Morgan fingerprint density at radius 1 is 1.20 bits per heavy atom. The summed E-state index contributed by atoms with van der Waals surface area (Å²) in [7, 11) is 0. The number of thioether (sulfide) groups is 1. The van der Waals surface area contributed by atoms with Crippen LogP contribution in [0.5, 0.6) is 0 Å². The van der Waals surface area contributed by atoms with Gasteiger partial charge in [0.05, 0.1) is 0 Å². The van der Waals surface area contributed by atoms with Gasteiger partial charge in [0, 0.05) is 5.75 Å². The fourth-order valence-electron chi connectivity index (χ4n) is 2.63. The van der Waals surface area contributed by atoms with E-state index in [-0.39, 0.29) is 12.4 Å². The van der Waals surface area contributed by atoms with E-state index >= 15 is 0 Å². The Hall–Kier alpha value is -2.54. The number of carboxylic acids is 1. The molecule has 1 aliphatic rings. The first kappa shape index (κ1) is 17.3. The van der Waals surface area contributed by atoms with Gasteiger partial charge in [0.1, 0.15) is 23.8 Å². The summed E-state index contributed by atoms with van der Waals surface area (Å²) in [5, 5.41) is 8.80. The first-order chi connectivity index (χ1) is 12.1. The smallest absolute Gasteiger partial charge is 0.412 e. The maximum atomic E-state index is 13.5. The second kappa shape index (κ2) is 7.57. The van der Waals surface area contributed by atoms with Crippen LogP contribution in [-0.2, 0) is 16.1 Å². The lowest BCUT2D eigenvalue weighted by Crippen LogP contribution is -2.43. The van der Waals surface area contributed by atoms with Crippen molar-refractivity contribution >= 4 is 23.8 Å². The standard InChI is InChI=1S/C18H16FNO4S/c19-14-8-4-7-13(9-14)16-20(15(11-25-16)17(21)22)18(23)24-10-12-5-2-1-3-6-12/h1-9,15-16H,10-11H2,(H,21,22)/t15?,16-/m1/s1. The summed E-state index contributed by atoms with van der Waals surface area (Å²) in [4.78, 5) is 25.2. The van der Waals surface area contributed by atoms with E-state index in [0.717, 1.165) is 5.56 Å². The van der Waals surface area contributed by atoms with Gasteiger partial charge in [-0.15, -0.1) is 11.8 Å². The molecule has 130 valence electrons. The SMILES string of the molecule is O=C(O)C1CS[C@H](c2cccc(F)c2)N1C(=O)OCc1ccccc1. The fraction of sp³-hybridized carbons (Fsp3) is 0.222. The van der Waals surface area contributed by atoms with Gasteiger partial charge in [0.2, 0.25) is 0 Å². The highest BCUT2D eigenvalue weighted by atomic mass is 32.2. The second-order valence-electron chi connectivity index (χ2n) is 5.54. The van der Waals surface area contributed by atoms with E-state index in [2.05, 4.69) is 0 Å². The van der Waals surface area contributed by atoms with Crippen LogP contribution in [-0.4, -0.2) is 33.9 Å². The number of benzene rings is 2. The lowest BCUT2D eigenvalue weighted by molar-refractivity contribution is -0.141. The van der Waals surface area contributed by atoms with E-state index in [1.54, 1.807) is 6.07 Å². The largest absolute Gasteiger partial charge is 0.480 e. The third kappa shape index (κ3) is 3.93. The molecule has 5 nitrogen and oxygen atoms in total. The third-order valence-corrected chi connectivity index (χ3v) is 5.16.